The predicted octanol–water partition coefficient (Wildman–Crippen LogP) is 4.28. The number of carbonyl (C=O) groups is 1. The van der Waals surface area contributed by atoms with Crippen LogP contribution in [0.3, 0.4) is 0 Å². The molecule has 0 amide bonds. The Hall–Kier alpha value is -1.67. The molecular formula is C24H39N3O4S. The van der Waals surface area contributed by atoms with Crippen molar-refractivity contribution in [3.63, 3.8) is 0 Å². The highest BCUT2D eigenvalue weighted by atomic mass is 32.2. The third-order valence-corrected chi connectivity index (χ3v) is 8.23. The lowest BCUT2D eigenvalue weighted by molar-refractivity contribution is -0.139. The van der Waals surface area contributed by atoms with Gasteiger partial charge in [0.25, 0.3) is 0 Å². The summed E-state index contributed by atoms with van der Waals surface area (Å²) < 4.78 is 27.3. The zero-order chi connectivity index (χ0) is 22.8. The molecule has 1 fully saturated rings. The molecule has 1 aliphatic heterocycles. The monoisotopic (exact) mass is 465 g/mol. The summed E-state index contributed by atoms with van der Waals surface area (Å²) in [5.74, 6) is 0.183. The molecule has 0 saturated heterocycles. The van der Waals surface area contributed by atoms with Crippen LogP contribution >= 0.6 is 0 Å². The van der Waals surface area contributed by atoms with E-state index < -0.39 is 22.0 Å². The van der Waals surface area contributed by atoms with Crippen LogP contribution in [0.2, 0.25) is 0 Å². The summed E-state index contributed by atoms with van der Waals surface area (Å²) in [7, 11) is -3.56. The van der Waals surface area contributed by atoms with Crippen LogP contribution < -0.4 is 10.0 Å². The Morgan fingerprint density at radius 3 is 2.62 bits per heavy atom. The maximum Gasteiger partial charge on any atom is 0.321 e. The number of rotatable bonds is 13. The Labute approximate surface area is 192 Å². The first-order valence-corrected chi connectivity index (χ1v) is 14.0. The summed E-state index contributed by atoms with van der Waals surface area (Å²) >= 11 is 0. The van der Waals surface area contributed by atoms with Crippen LogP contribution in [0.25, 0.3) is 0 Å². The Balaban J connectivity index is 1.31. The quantitative estimate of drug-likeness (QED) is 0.375. The average Bonchev–Trinajstić information content (AvgIpc) is 2.77. The fourth-order valence-electron chi connectivity index (χ4n) is 4.85. The molecule has 8 heteroatoms. The molecule has 0 bridgehead atoms. The molecule has 0 aromatic carbocycles. The van der Waals surface area contributed by atoms with Crippen LogP contribution in [-0.2, 0) is 27.7 Å². The number of aliphatic carboxylic acids is 1. The summed E-state index contributed by atoms with van der Waals surface area (Å²) in [4.78, 5) is 16.3. The van der Waals surface area contributed by atoms with Crippen LogP contribution in [0.1, 0.15) is 88.3 Å². The maximum absolute atomic E-state index is 12.4. The molecule has 180 valence electrons. The van der Waals surface area contributed by atoms with E-state index in [1.165, 1.54) is 18.4 Å². The summed E-state index contributed by atoms with van der Waals surface area (Å²) in [5.41, 5.74) is 2.43. The Morgan fingerprint density at radius 2 is 1.84 bits per heavy atom. The first-order chi connectivity index (χ1) is 15.4. The van der Waals surface area contributed by atoms with Crippen molar-refractivity contribution in [2.24, 2.45) is 5.92 Å². The van der Waals surface area contributed by atoms with E-state index in [1.807, 2.05) is 0 Å². The zero-order valence-electron chi connectivity index (χ0n) is 19.2. The number of carboxylic acids is 1. The molecular weight excluding hydrogens is 426 g/mol. The summed E-state index contributed by atoms with van der Waals surface area (Å²) in [6.45, 7) is 0.998. The average molecular weight is 466 g/mol. The minimum atomic E-state index is -3.56. The van der Waals surface area contributed by atoms with Crippen molar-refractivity contribution in [2.75, 3.05) is 17.6 Å². The number of unbranched alkanes of at least 4 members (excludes halogenated alkanes) is 4. The molecule has 2 heterocycles. The molecule has 7 nitrogen and oxygen atoms in total. The number of nitrogens with zero attached hydrogens (tertiary/aromatic N) is 1. The van der Waals surface area contributed by atoms with Crippen LogP contribution in [0.5, 0.6) is 0 Å². The first-order valence-electron chi connectivity index (χ1n) is 12.4. The van der Waals surface area contributed by atoms with Gasteiger partial charge in [-0.05, 0) is 62.5 Å². The number of aryl methyl sites for hydroxylation is 2. The van der Waals surface area contributed by atoms with Gasteiger partial charge in [0.2, 0.25) is 10.0 Å². The number of hydrogen-bond donors (Lipinski definition) is 3. The smallest absolute Gasteiger partial charge is 0.321 e. The SMILES string of the molecule is O=C(O)[C@H](CCCCCCCc1ccc2c(n1)NCCC2)NS(=O)(=O)CC1CCCCC1. The number of anilines is 1. The van der Waals surface area contributed by atoms with Crippen molar-refractivity contribution in [3.05, 3.63) is 23.4 Å². The summed E-state index contributed by atoms with van der Waals surface area (Å²) in [6.07, 6.45) is 13.5. The maximum atomic E-state index is 12.4. The number of aromatic nitrogens is 1. The van der Waals surface area contributed by atoms with Gasteiger partial charge in [-0.1, -0.05) is 51.0 Å². The molecule has 1 saturated carbocycles. The molecule has 0 radical (unpaired) electrons. The van der Waals surface area contributed by atoms with E-state index in [9.17, 15) is 18.3 Å². The highest BCUT2D eigenvalue weighted by Gasteiger charge is 2.27. The number of sulfonamides is 1. The standard InChI is InChI=1S/C24H39N3O4S/c28-24(29)22(27-32(30,31)18-19-10-5-4-6-11-19)14-8-3-1-2-7-13-21-16-15-20-12-9-17-25-23(20)26-21/h15-16,19,22,27H,1-14,17-18H2,(H,25,26)(H,28,29)/t22-/m0/s1. The topological polar surface area (TPSA) is 108 Å². The first kappa shape index (κ1) is 25.0. The fourth-order valence-corrected chi connectivity index (χ4v) is 6.56. The third kappa shape index (κ3) is 8.35. The van der Waals surface area contributed by atoms with Gasteiger partial charge in [0.1, 0.15) is 11.9 Å². The van der Waals surface area contributed by atoms with Crippen LogP contribution in [0.4, 0.5) is 5.82 Å². The largest absolute Gasteiger partial charge is 0.480 e. The molecule has 32 heavy (non-hydrogen) atoms. The summed E-state index contributed by atoms with van der Waals surface area (Å²) in [6, 6.07) is 3.30. The van der Waals surface area contributed by atoms with Crippen LogP contribution in [0.15, 0.2) is 12.1 Å². The molecule has 3 N–H and O–H groups in total. The second kappa shape index (κ2) is 12.5. The second-order valence-electron chi connectivity index (χ2n) is 9.44. The van der Waals surface area contributed by atoms with E-state index in [1.54, 1.807) is 0 Å². The molecule has 1 aromatic rings. The number of pyridine rings is 1. The molecule has 2 aliphatic rings. The van der Waals surface area contributed by atoms with Gasteiger partial charge in [-0.25, -0.2) is 18.1 Å². The minimum Gasteiger partial charge on any atom is -0.480 e. The van der Waals surface area contributed by atoms with Gasteiger partial charge in [0.15, 0.2) is 0 Å². The minimum absolute atomic E-state index is 0.0586. The van der Waals surface area contributed by atoms with Gasteiger partial charge in [-0.3, -0.25) is 4.79 Å². The van der Waals surface area contributed by atoms with Crippen molar-refractivity contribution < 1.29 is 18.3 Å². The highest BCUT2D eigenvalue weighted by molar-refractivity contribution is 7.89. The molecule has 0 unspecified atom stereocenters. The van der Waals surface area contributed by atoms with E-state index in [2.05, 4.69) is 22.2 Å². The van der Waals surface area contributed by atoms with Gasteiger partial charge in [-0.2, -0.15) is 0 Å². The van der Waals surface area contributed by atoms with Gasteiger partial charge < -0.3 is 10.4 Å². The van der Waals surface area contributed by atoms with E-state index in [-0.39, 0.29) is 11.7 Å². The molecule has 0 spiro atoms. The predicted molar refractivity (Wildman–Crippen MR) is 127 cm³/mol. The van der Waals surface area contributed by atoms with Crippen LogP contribution in [-0.4, -0.2) is 42.8 Å². The van der Waals surface area contributed by atoms with E-state index in [4.69, 9.17) is 4.98 Å². The lowest BCUT2D eigenvalue weighted by atomic mass is 9.91. The lowest BCUT2D eigenvalue weighted by Gasteiger charge is -2.22. The molecule has 1 aromatic heterocycles. The molecule has 1 aliphatic carbocycles. The Bertz CT molecular complexity index is 838. The van der Waals surface area contributed by atoms with Crippen molar-refractivity contribution in [3.8, 4) is 0 Å². The fraction of sp³-hybridized carbons (Fsp3) is 0.750. The second-order valence-corrected chi connectivity index (χ2v) is 11.2. The number of fused-ring (bicyclic) bond motifs is 1. The lowest BCUT2D eigenvalue weighted by Crippen LogP contribution is -2.43. The molecule has 3 rings (SSSR count). The van der Waals surface area contributed by atoms with Crippen molar-refractivity contribution in [1.82, 2.24) is 9.71 Å². The van der Waals surface area contributed by atoms with E-state index in [0.29, 0.717) is 12.8 Å². The molecule has 1 atom stereocenters. The number of hydrogen-bond acceptors (Lipinski definition) is 5. The number of carboxylic acid groups (broad SMARTS) is 1. The van der Waals surface area contributed by atoms with E-state index >= 15 is 0 Å². The van der Waals surface area contributed by atoms with Gasteiger partial charge >= 0.3 is 5.97 Å². The van der Waals surface area contributed by atoms with Crippen LogP contribution in [0, 0.1) is 5.92 Å². The normalized spacial score (nSPS) is 18.0. The highest BCUT2D eigenvalue weighted by Crippen LogP contribution is 2.25. The van der Waals surface area contributed by atoms with Crippen molar-refractivity contribution in [1.29, 1.82) is 0 Å². The van der Waals surface area contributed by atoms with Gasteiger partial charge in [0.05, 0.1) is 5.75 Å². The van der Waals surface area contributed by atoms with E-state index in [0.717, 1.165) is 82.3 Å². The van der Waals surface area contributed by atoms with Gasteiger partial charge in [-0.15, -0.1) is 0 Å². The Morgan fingerprint density at radius 1 is 1.09 bits per heavy atom. The van der Waals surface area contributed by atoms with Crippen molar-refractivity contribution >= 4 is 21.8 Å². The Kier molecular flexibility index (Phi) is 9.78. The van der Waals surface area contributed by atoms with Gasteiger partial charge in [0, 0.05) is 12.2 Å². The third-order valence-electron chi connectivity index (χ3n) is 6.68. The van der Waals surface area contributed by atoms with Crippen molar-refractivity contribution in [2.45, 2.75) is 95.9 Å². The number of nitrogens with one attached hydrogen (secondary N) is 2. The zero-order valence-corrected chi connectivity index (χ0v) is 20.0. The summed E-state index contributed by atoms with van der Waals surface area (Å²) in [5, 5.41) is 12.8.